The molecule has 1 atom stereocenters. The summed E-state index contributed by atoms with van der Waals surface area (Å²) in [6.07, 6.45) is 0.381. The van der Waals surface area contributed by atoms with Gasteiger partial charge >= 0.3 is 0 Å². The van der Waals surface area contributed by atoms with Gasteiger partial charge in [0.2, 0.25) is 0 Å². The van der Waals surface area contributed by atoms with Gasteiger partial charge in [0.1, 0.15) is 5.00 Å². The highest BCUT2D eigenvalue weighted by Gasteiger charge is 2.30. The molecule has 2 heterocycles. The molecule has 0 saturated carbocycles. The van der Waals surface area contributed by atoms with Gasteiger partial charge in [0.15, 0.2) is 11.5 Å². The Morgan fingerprint density at radius 1 is 1.43 bits per heavy atom. The molecular formula is C15H24N2O3S. The number of hydrogen-bond acceptors (Lipinski definition) is 6. The van der Waals surface area contributed by atoms with Crippen LogP contribution >= 0.6 is 11.3 Å². The molecule has 1 aliphatic rings. The van der Waals surface area contributed by atoms with E-state index in [1.54, 1.807) is 0 Å². The number of carbonyl (C=O) groups excluding carboxylic acids is 1. The van der Waals surface area contributed by atoms with Crippen molar-refractivity contribution >= 4 is 27.8 Å². The van der Waals surface area contributed by atoms with Crippen LogP contribution in [0.15, 0.2) is 0 Å². The van der Waals surface area contributed by atoms with E-state index in [1.807, 2.05) is 27.7 Å². The van der Waals surface area contributed by atoms with E-state index in [-0.39, 0.29) is 23.9 Å². The van der Waals surface area contributed by atoms with E-state index in [1.165, 1.54) is 11.3 Å². The van der Waals surface area contributed by atoms with Crippen molar-refractivity contribution < 1.29 is 14.6 Å². The first-order valence-electron chi connectivity index (χ1n) is 7.37. The molecule has 0 radical (unpaired) electrons. The smallest absolute Gasteiger partial charge is 0.177 e. The largest absolute Gasteiger partial charge is 0.486 e. The maximum absolute atomic E-state index is 12.3. The minimum atomic E-state index is -0.329. The highest BCUT2D eigenvalue weighted by molar-refractivity contribution is 7.19. The van der Waals surface area contributed by atoms with Crippen molar-refractivity contribution in [2.24, 2.45) is 5.92 Å². The summed E-state index contributed by atoms with van der Waals surface area (Å²) in [5.41, 5.74) is 6.60. The molecule has 5 nitrogen and oxygen atoms in total. The van der Waals surface area contributed by atoms with Crippen LogP contribution in [-0.2, 0) is 0 Å². The van der Waals surface area contributed by atoms with Crippen LogP contribution in [0.2, 0.25) is 0 Å². The van der Waals surface area contributed by atoms with Crippen molar-refractivity contribution in [3.8, 4) is 5.75 Å². The molecule has 6 heteroatoms. The van der Waals surface area contributed by atoms with E-state index < -0.39 is 0 Å². The zero-order valence-electron chi connectivity index (χ0n) is 13.0. The van der Waals surface area contributed by atoms with Crippen molar-refractivity contribution in [3.05, 3.63) is 4.88 Å². The van der Waals surface area contributed by atoms with Crippen molar-refractivity contribution in [1.29, 1.82) is 0 Å². The molecule has 21 heavy (non-hydrogen) atoms. The Balaban J connectivity index is 2.42. The lowest BCUT2D eigenvalue weighted by Gasteiger charge is -2.19. The highest BCUT2D eigenvalue weighted by Crippen LogP contribution is 2.47. The summed E-state index contributed by atoms with van der Waals surface area (Å²) in [4.78, 5) is 14.9. The molecule has 1 fully saturated rings. The van der Waals surface area contributed by atoms with Gasteiger partial charge in [0, 0.05) is 19.0 Å². The zero-order valence-corrected chi connectivity index (χ0v) is 13.9. The summed E-state index contributed by atoms with van der Waals surface area (Å²) < 4.78 is 5.84. The van der Waals surface area contributed by atoms with E-state index in [9.17, 15) is 9.90 Å². The highest BCUT2D eigenvalue weighted by atomic mass is 32.1. The molecule has 0 aliphatic carbocycles. The maximum atomic E-state index is 12.3. The summed E-state index contributed by atoms with van der Waals surface area (Å²) in [7, 11) is 0. The van der Waals surface area contributed by atoms with Gasteiger partial charge in [0.25, 0.3) is 0 Å². The van der Waals surface area contributed by atoms with Crippen molar-refractivity contribution in [1.82, 2.24) is 0 Å². The Bertz CT molecular complexity index is 525. The van der Waals surface area contributed by atoms with Gasteiger partial charge in [-0.1, -0.05) is 13.8 Å². The Morgan fingerprint density at radius 2 is 2.10 bits per heavy atom. The monoisotopic (exact) mass is 312 g/mol. The SMILES string of the molecule is CC(C)Oc1c(N2CCC(O)C2)sc(C(=O)C(C)C)c1N. The molecule has 0 aromatic carbocycles. The Morgan fingerprint density at radius 3 is 2.57 bits per heavy atom. The van der Waals surface area contributed by atoms with E-state index in [0.29, 0.717) is 22.9 Å². The number of ether oxygens (including phenoxy) is 1. The second-order valence-corrected chi connectivity index (χ2v) is 7.05. The lowest BCUT2D eigenvalue weighted by atomic mass is 10.1. The first-order valence-corrected chi connectivity index (χ1v) is 8.19. The number of thiophene rings is 1. The van der Waals surface area contributed by atoms with Crippen LogP contribution in [0.3, 0.4) is 0 Å². The van der Waals surface area contributed by atoms with Crippen LogP contribution in [-0.4, -0.2) is 36.2 Å². The van der Waals surface area contributed by atoms with Gasteiger partial charge in [0.05, 0.1) is 22.8 Å². The third-order valence-corrected chi connectivity index (χ3v) is 4.70. The number of nitrogens with two attached hydrogens (primary N) is 1. The number of aliphatic hydroxyl groups excluding tert-OH is 1. The second kappa shape index (κ2) is 6.23. The van der Waals surface area contributed by atoms with Crippen LogP contribution in [0.25, 0.3) is 0 Å². The zero-order chi connectivity index (χ0) is 15.7. The number of Topliss-reactive ketones (excluding diaryl/α,β-unsaturated/α-hetero) is 1. The van der Waals surface area contributed by atoms with E-state index in [4.69, 9.17) is 10.5 Å². The van der Waals surface area contributed by atoms with E-state index in [2.05, 4.69) is 4.90 Å². The number of rotatable bonds is 5. The number of nitrogens with zero attached hydrogens (tertiary/aromatic N) is 1. The molecule has 0 bridgehead atoms. The van der Waals surface area contributed by atoms with Crippen molar-refractivity contribution in [2.75, 3.05) is 23.7 Å². The molecule has 0 amide bonds. The molecule has 1 aromatic heterocycles. The van der Waals surface area contributed by atoms with Gasteiger partial charge in [-0.05, 0) is 20.3 Å². The number of nitrogen functional groups attached to an aromatic ring is 1. The fourth-order valence-corrected chi connectivity index (χ4v) is 3.62. The summed E-state index contributed by atoms with van der Waals surface area (Å²) in [6, 6.07) is 0. The molecule has 1 unspecified atom stereocenters. The number of hydrogen-bond donors (Lipinski definition) is 2. The van der Waals surface area contributed by atoms with Crippen molar-refractivity contribution in [2.45, 2.75) is 46.3 Å². The summed E-state index contributed by atoms with van der Waals surface area (Å²) in [5.74, 6) is 0.528. The third kappa shape index (κ3) is 3.32. The minimum absolute atomic E-state index is 0.0184. The number of aliphatic hydroxyl groups is 1. The fourth-order valence-electron chi connectivity index (χ4n) is 2.35. The molecule has 1 aliphatic heterocycles. The van der Waals surface area contributed by atoms with E-state index >= 15 is 0 Å². The Labute approximate surface area is 129 Å². The topological polar surface area (TPSA) is 75.8 Å². The van der Waals surface area contributed by atoms with Gasteiger partial charge in [-0.3, -0.25) is 4.79 Å². The Hall–Kier alpha value is -1.27. The van der Waals surface area contributed by atoms with Gasteiger partial charge < -0.3 is 20.5 Å². The van der Waals surface area contributed by atoms with Crippen molar-refractivity contribution in [3.63, 3.8) is 0 Å². The average molecular weight is 312 g/mol. The predicted molar refractivity (Wildman–Crippen MR) is 86.5 cm³/mol. The third-order valence-electron chi connectivity index (χ3n) is 3.43. The van der Waals surface area contributed by atoms with Gasteiger partial charge in [-0.15, -0.1) is 11.3 Å². The standard InChI is InChI=1S/C15H24N2O3S/c1-8(2)12(19)14-11(16)13(20-9(3)4)15(21-14)17-6-5-10(18)7-17/h8-10,18H,5-7,16H2,1-4H3. The lowest BCUT2D eigenvalue weighted by Crippen LogP contribution is -2.21. The molecule has 2 rings (SSSR count). The van der Waals surface area contributed by atoms with E-state index in [0.717, 1.165) is 18.0 Å². The first kappa shape index (κ1) is 16.1. The van der Waals surface area contributed by atoms with Gasteiger partial charge in [-0.2, -0.15) is 0 Å². The average Bonchev–Trinajstić information content (AvgIpc) is 2.94. The van der Waals surface area contributed by atoms with Crippen LogP contribution in [0.4, 0.5) is 10.7 Å². The van der Waals surface area contributed by atoms with Crippen LogP contribution in [0.1, 0.15) is 43.8 Å². The molecule has 3 N–H and O–H groups in total. The minimum Gasteiger partial charge on any atom is -0.486 e. The lowest BCUT2D eigenvalue weighted by molar-refractivity contribution is 0.0944. The van der Waals surface area contributed by atoms with Crippen LogP contribution in [0, 0.1) is 5.92 Å². The van der Waals surface area contributed by atoms with Gasteiger partial charge in [-0.25, -0.2) is 0 Å². The second-order valence-electron chi connectivity index (χ2n) is 6.05. The summed E-state index contributed by atoms with van der Waals surface area (Å²) in [6.45, 7) is 8.91. The maximum Gasteiger partial charge on any atom is 0.177 e. The molecule has 0 spiro atoms. The van der Waals surface area contributed by atoms with Crippen LogP contribution < -0.4 is 15.4 Å². The number of ketones is 1. The summed E-state index contributed by atoms with van der Waals surface area (Å²) >= 11 is 1.38. The molecule has 1 aromatic rings. The fraction of sp³-hybridized carbons (Fsp3) is 0.667. The molecule has 1 saturated heterocycles. The molecular weight excluding hydrogens is 288 g/mol. The number of anilines is 2. The normalized spacial score (nSPS) is 18.8. The predicted octanol–water partition coefficient (Wildman–Crippen LogP) is 2.53. The first-order chi connectivity index (χ1) is 9.81. The Kier molecular flexibility index (Phi) is 4.78. The number of carbonyl (C=O) groups is 1. The number of β-amino-alcohol motifs (C(OH)–C–C–N with tert-alkyl or cyclic N) is 1. The molecule has 118 valence electrons. The quantitative estimate of drug-likeness (QED) is 0.817. The summed E-state index contributed by atoms with van der Waals surface area (Å²) in [5, 5.41) is 10.6. The van der Waals surface area contributed by atoms with Crippen LogP contribution in [0.5, 0.6) is 5.75 Å².